The lowest BCUT2D eigenvalue weighted by Gasteiger charge is -2.51. The van der Waals surface area contributed by atoms with E-state index >= 15 is 0 Å². The number of ether oxygens (including phenoxy) is 3. The molecule has 1 saturated heterocycles. The standard InChI is InChI=1S/C19H38O6/c1-11(2)23-15-12(10-20)24-16(14(22)13(15)21)18(6,7)25-19(8,9)17(3,4)5/h11-16,20-22H,10H2,1-9H3. The van der Waals surface area contributed by atoms with Crippen molar-refractivity contribution in [2.45, 2.75) is 110 Å². The van der Waals surface area contributed by atoms with Crippen molar-refractivity contribution in [2.24, 2.45) is 5.41 Å². The molecule has 0 amide bonds. The highest BCUT2D eigenvalue weighted by atomic mass is 16.6. The lowest BCUT2D eigenvalue weighted by Crippen LogP contribution is -2.66. The van der Waals surface area contributed by atoms with E-state index < -0.39 is 41.7 Å². The molecule has 5 atom stereocenters. The Morgan fingerprint density at radius 1 is 0.960 bits per heavy atom. The van der Waals surface area contributed by atoms with E-state index in [-0.39, 0.29) is 18.1 Å². The molecule has 1 aliphatic heterocycles. The summed E-state index contributed by atoms with van der Waals surface area (Å²) in [5.41, 5.74) is -1.51. The van der Waals surface area contributed by atoms with E-state index in [9.17, 15) is 15.3 Å². The van der Waals surface area contributed by atoms with Crippen LogP contribution in [0.3, 0.4) is 0 Å². The fourth-order valence-electron chi connectivity index (χ4n) is 3.01. The molecule has 0 aromatic rings. The molecule has 1 fully saturated rings. The Labute approximate surface area is 152 Å². The van der Waals surface area contributed by atoms with Gasteiger partial charge in [0.2, 0.25) is 0 Å². The van der Waals surface area contributed by atoms with Crippen LogP contribution in [0.25, 0.3) is 0 Å². The summed E-state index contributed by atoms with van der Waals surface area (Å²) in [6.07, 6.45) is -4.83. The van der Waals surface area contributed by atoms with Crippen molar-refractivity contribution in [1.82, 2.24) is 0 Å². The minimum atomic E-state index is -1.18. The zero-order valence-corrected chi connectivity index (χ0v) is 17.2. The Kier molecular flexibility index (Phi) is 7.10. The quantitative estimate of drug-likeness (QED) is 0.669. The molecule has 0 bridgehead atoms. The van der Waals surface area contributed by atoms with Crippen molar-refractivity contribution in [1.29, 1.82) is 0 Å². The molecule has 6 heteroatoms. The van der Waals surface area contributed by atoms with Crippen LogP contribution in [0, 0.1) is 5.41 Å². The molecule has 0 aromatic heterocycles. The molecule has 1 aliphatic rings. The number of hydrogen-bond acceptors (Lipinski definition) is 6. The maximum Gasteiger partial charge on any atom is 0.115 e. The van der Waals surface area contributed by atoms with E-state index in [1.165, 1.54) is 0 Å². The zero-order chi connectivity index (χ0) is 19.8. The lowest BCUT2D eigenvalue weighted by molar-refractivity contribution is -0.302. The van der Waals surface area contributed by atoms with Crippen LogP contribution in [0.4, 0.5) is 0 Å². The molecular formula is C19H38O6. The average molecular weight is 363 g/mol. The maximum atomic E-state index is 10.7. The predicted octanol–water partition coefficient (Wildman–Crippen LogP) is 1.88. The van der Waals surface area contributed by atoms with Crippen LogP contribution in [0.15, 0.2) is 0 Å². The fourth-order valence-corrected chi connectivity index (χ4v) is 3.01. The summed E-state index contributed by atoms with van der Waals surface area (Å²) >= 11 is 0. The Morgan fingerprint density at radius 2 is 1.48 bits per heavy atom. The van der Waals surface area contributed by atoms with Crippen molar-refractivity contribution in [3.63, 3.8) is 0 Å². The third kappa shape index (κ3) is 5.15. The van der Waals surface area contributed by atoms with E-state index in [0.717, 1.165) is 0 Å². The molecule has 1 rings (SSSR count). The van der Waals surface area contributed by atoms with Crippen LogP contribution in [0.2, 0.25) is 0 Å². The van der Waals surface area contributed by atoms with Gasteiger partial charge in [-0.15, -0.1) is 0 Å². The monoisotopic (exact) mass is 362 g/mol. The summed E-state index contributed by atoms with van der Waals surface area (Å²) in [6.45, 7) is 17.3. The van der Waals surface area contributed by atoms with Gasteiger partial charge in [-0.2, -0.15) is 0 Å². The van der Waals surface area contributed by atoms with Crippen LogP contribution >= 0.6 is 0 Å². The smallest absolute Gasteiger partial charge is 0.115 e. The second-order valence-electron chi connectivity index (χ2n) is 9.37. The van der Waals surface area contributed by atoms with Gasteiger partial charge in [-0.25, -0.2) is 0 Å². The van der Waals surface area contributed by atoms with Crippen molar-refractivity contribution >= 4 is 0 Å². The molecule has 0 saturated carbocycles. The summed E-state index contributed by atoms with van der Waals surface area (Å²) in [7, 11) is 0. The molecule has 0 aliphatic carbocycles. The number of rotatable bonds is 6. The lowest BCUT2D eigenvalue weighted by atomic mass is 9.77. The predicted molar refractivity (Wildman–Crippen MR) is 96.5 cm³/mol. The average Bonchev–Trinajstić information content (AvgIpc) is 2.41. The second kappa shape index (κ2) is 7.79. The molecule has 6 nitrogen and oxygen atoms in total. The van der Waals surface area contributed by atoms with Gasteiger partial charge in [-0.3, -0.25) is 0 Å². The molecule has 0 aromatic carbocycles. The van der Waals surface area contributed by atoms with Gasteiger partial charge in [0, 0.05) is 0 Å². The van der Waals surface area contributed by atoms with Crippen molar-refractivity contribution in [2.75, 3.05) is 6.61 Å². The van der Waals surface area contributed by atoms with E-state index in [1.807, 2.05) is 41.5 Å². The minimum Gasteiger partial charge on any atom is -0.394 e. The van der Waals surface area contributed by atoms with Crippen molar-refractivity contribution < 1.29 is 29.5 Å². The molecule has 3 N–H and O–H groups in total. The maximum absolute atomic E-state index is 10.7. The minimum absolute atomic E-state index is 0.137. The Bertz CT molecular complexity index is 424. The van der Waals surface area contributed by atoms with Gasteiger partial charge in [0.15, 0.2) is 0 Å². The highest BCUT2D eigenvalue weighted by molar-refractivity contribution is 5.01. The van der Waals surface area contributed by atoms with Gasteiger partial charge in [-0.05, 0) is 47.0 Å². The summed E-state index contributed by atoms with van der Waals surface area (Å²) in [5.74, 6) is 0. The van der Waals surface area contributed by atoms with E-state index in [4.69, 9.17) is 14.2 Å². The highest BCUT2D eigenvalue weighted by Gasteiger charge is 2.53. The topological polar surface area (TPSA) is 88.4 Å². The third-order valence-corrected chi connectivity index (χ3v) is 5.30. The van der Waals surface area contributed by atoms with Gasteiger partial charge in [0.1, 0.15) is 30.5 Å². The van der Waals surface area contributed by atoms with Crippen LogP contribution in [0.5, 0.6) is 0 Å². The molecule has 5 unspecified atom stereocenters. The molecule has 1 heterocycles. The molecule has 0 spiro atoms. The van der Waals surface area contributed by atoms with Gasteiger partial charge >= 0.3 is 0 Å². The summed E-state index contributed by atoms with van der Waals surface area (Å²) in [6, 6.07) is 0. The SMILES string of the molecule is CC(C)OC1C(CO)OC(C(C)(C)OC(C)(C)C(C)(C)C)C(O)C1O. The Balaban J connectivity index is 3.04. The first-order valence-corrected chi connectivity index (χ1v) is 9.12. The second-order valence-corrected chi connectivity index (χ2v) is 9.37. The Morgan fingerprint density at radius 3 is 1.88 bits per heavy atom. The highest BCUT2D eigenvalue weighted by Crippen LogP contribution is 2.40. The van der Waals surface area contributed by atoms with Crippen LogP contribution in [-0.2, 0) is 14.2 Å². The van der Waals surface area contributed by atoms with Crippen LogP contribution in [0.1, 0.15) is 62.3 Å². The first-order chi connectivity index (χ1) is 11.1. The molecule has 150 valence electrons. The normalized spacial score (nSPS) is 32.3. The molecule has 0 radical (unpaired) electrons. The van der Waals surface area contributed by atoms with Crippen LogP contribution in [-0.4, -0.2) is 69.8 Å². The number of hydrogen-bond donors (Lipinski definition) is 3. The first-order valence-electron chi connectivity index (χ1n) is 9.12. The molecular weight excluding hydrogens is 324 g/mol. The summed E-state index contributed by atoms with van der Waals surface area (Å²) in [5, 5.41) is 30.9. The van der Waals surface area contributed by atoms with Gasteiger partial charge in [0.25, 0.3) is 0 Å². The summed E-state index contributed by atoms with van der Waals surface area (Å²) < 4.78 is 17.9. The number of aliphatic hydroxyl groups excluding tert-OH is 3. The zero-order valence-electron chi connectivity index (χ0n) is 17.2. The van der Waals surface area contributed by atoms with Gasteiger partial charge in [-0.1, -0.05) is 20.8 Å². The Hall–Kier alpha value is -0.240. The van der Waals surface area contributed by atoms with E-state index in [0.29, 0.717) is 0 Å². The van der Waals surface area contributed by atoms with E-state index in [1.54, 1.807) is 0 Å². The van der Waals surface area contributed by atoms with Gasteiger partial charge < -0.3 is 29.5 Å². The van der Waals surface area contributed by atoms with Crippen molar-refractivity contribution in [3.05, 3.63) is 0 Å². The third-order valence-electron chi connectivity index (χ3n) is 5.30. The first kappa shape index (κ1) is 22.8. The fraction of sp³-hybridized carbons (Fsp3) is 1.00. The largest absolute Gasteiger partial charge is 0.394 e. The summed E-state index contributed by atoms with van der Waals surface area (Å²) in [4.78, 5) is 0. The molecule has 25 heavy (non-hydrogen) atoms. The number of aliphatic hydroxyl groups is 3. The van der Waals surface area contributed by atoms with Gasteiger partial charge in [0.05, 0.1) is 23.9 Å². The van der Waals surface area contributed by atoms with Crippen molar-refractivity contribution in [3.8, 4) is 0 Å². The van der Waals surface area contributed by atoms with E-state index in [2.05, 4.69) is 20.8 Å². The van der Waals surface area contributed by atoms with Crippen LogP contribution < -0.4 is 0 Å².